The summed E-state index contributed by atoms with van der Waals surface area (Å²) in [6, 6.07) is 14.8. The van der Waals surface area contributed by atoms with Gasteiger partial charge in [-0.2, -0.15) is 0 Å². The summed E-state index contributed by atoms with van der Waals surface area (Å²) in [5.74, 6) is 1.68. The van der Waals surface area contributed by atoms with Crippen molar-refractivity contribution < 1.29 is 19.0 Å². The lowest BCUT2D eigenvalue weighted by atomic mass is 10.1. The number of fused-ring (bicyclic) bond motifs is 1. The van der Waals surface area contributed by atoms with Crippen molar-refractivity contribution >= 4 is 44.9 Å². The van der Waals surface area contributed by atoms with Crippen molar-refractivity contribution in [2.75, 3.05) is 26.6 Å². The molecule has 2 aromatic heterocycles. The molecule has 37 heavy (non-hydrogen) atoms. The van der Waals surface area contributed by atoms with Crippen molar-refractivity contribution in [2.45, 2.75) is 36.7 Å². The van der Waals surface area contributed by atoms with E-state index in [0.29, 0.717) is 57.7 Å². The summed E-state index contributed by atoms with van der Waals surface area (Å²) in [5.41, 5.74) is 2.12. The van der Waals surface area contributed by atoms with E-state index in [1.165, 1.54) is 23.1 Å². The molecule has 1 N–H and O–H groups in total. The first-order valence-corrected chi connectivity index (χ1v) is 13.5. The van der Waals surface area contributed by atoms with E-state index in [9.17, 15) is 9.59 Å². The number of ether oxygens (including phenoxy) is 3. The average molecular weight is 540 g/mol. The second-order valence-corrected chi connectivity index (χ2v) is 10.2. The molecule has 4 rings (SSSR count). The van der Waals surface area contributed by atoms with Crippen molar-refractivity contribution in [3.05, 3.63) is 69.8 Å². The molecule has 1 atom stereocenters. The Morgan fingerprint density at radius 3 is 2.54 bits per heavy atom. The second kappa shape index (κ2) is 12.2. The van der Waals surface area contributed by atoms with Crippen LogP contribution >= 0.6 is 23.1 Å². The number of aromatic nitrogens is 2. The molecule has 0 bridgehead atoms. The smallest absolute Gasteiger partial charge is 0.272 e. The molecule has 0 radical (unpaired) electrons. The first-order valence-electron chi connectivity index (χ1n) is 11.8. The fraction of sp³-hybridized carbons (Fsp3) is 0.296. The van der Waals surface area contributed by atoms with Gasteiger partial charge in [-0.05, 0) is 54.1 Å². The zero-order valence-corrected chi connectivity index (χ0v) is 22.8. The van der Waals surface area contributed by atoms with Crippen LogP contribution in [0.25, 0.3) is 10.2 Å². The van der Waals surface area contributed by atoms with Crippen molar-refractivity contribution in [1.29, 1.82) is 0 Å². The number of carbonyl (C=O) groups is 1. The molecule has 0 aliphatic rings. The van der Waals surface area contributed by atoms with Crippen LogP contribution in [0.3, 0.4) is 0 Å². The van der Waals surface area contributed by atoms with E-state index in [2.05, 4.69) is 5.32 Å². The molecule has 0 saturated heterocycles. The Balaban J connectivity index is 1.61. The van der Waals surface area contributed by atoms with Gasteiger partial charge in [-0.15, -0.1) is 11.3 Å². The molecule has 0 spiro atoms. The molecule has 8 nitrogen and oxygen atoms in total. The standard InChI is InChI=1S/C27H29N3O5S2/c1-5-23(25(31)28-18-8-6-7-9-20(18)33-2)37-27-29-19-13-15-36-24(19)26(32)30(27)14-12-17-10-11-21(34-3)22(16-17)35-4/h6-11,13,15-16,23H,5,12,14H2,1-4H3,(H,28,31)/t23-/m1/s1. The van der Waals surface area contributed by atoms with Gasteiger partial charge in [0.25, 0.3) is 5.56 Å². The van der Waals surface area contributed by atoms with Crippen LogP contribution in [0.2, 0.25) is 0 Å². The Labute approximate surface area is 223 Å². The van der Waals surface area contributed by atoms with E-state index in [-0.39, 0.29) is 11.5 Å². The Bertz CT molecular complexity index is 1450. The lowest BCUT2D eigenvalue weighted by Gasteiger charge is -2.18. The number of thiophene rings is 1. The minimum atomic E-state index is -0.458. The van der Waals surface area contributed by atoms with Gasteiger partial charge in [-0.3, -0.25) is 14.2 Å². The largest absolute Gasteiger partial charge is 0.495 e. The number of aryl methyl sites for hydroxylation is 1. The molecule has 0 aliphatic heterocycles. The Hall–Kier alpha value is -3.50. The Morgan fingerprint density at radius 2 is 1.81 bits per heavy atom. The monoisotopic (exact) mass is 539 g/mol. The van der Waals surface area contributed by atoms with Gasteiger partial charge in [-0.25, -0.2) is 4.98 Å². The number of amides is 1. The van der Waals surface area contributed by atoms with Gasteiger partial charge in [0.1, 0.15) is 10.4 Å². The highest BCUT2D eigenvalue weighted by molar-refractivity contribution is 8.00. The minimum absolute atomic E-state index is 0.108. The van der Waals surface area contributed by atoms with Crippen LogP contribution in [0.1, 0.15) is 18.9 Å². The van der Waals surface area contributed by atoms with Crippen LogP contribution in [0.4, 0.5) is 5.69 Å². The van der Waals surface area contributed by atoms with E-state index in [0.717, 1.165) is 5.56 Å². The molecule has 4 aromatic rings. The lowest BCUT2D eigenvalue weighted by Crippen LogP contribution is -2.28. The zero-order chi connectivity index (χ0) is 26.4. The predicted octanol–water partition coefficient (Wildman–Crippen LogP) is 5.24. The molecular formula is C27H29N3O5S2. The van der Waals surface area contributed by atoms with Crippen LogP contribution in [-0.4, -0.2) is 42.0 Å². The molecule has 0 saturated carbocycles. The molecule has 0 unspecified atom stereocenters. The predicted molar refractivity (Wildman–Crippen MR) is 149 cm³/mol. The van der Waals surface area contributed by atoms with E-state index in [4.69, 9.17) is 19.2 Å². The lowest BCUT2D eigenvalue weighted by molar-refractivity contribution is -0.115. The summed E-state index contributed by atoms with van der Waals surface area (Å²) in [5, 5.41) is 4.87. The molecule has 2 heterocycles. The number of benzene rings is 2. The van der Waals surface area contributed by atoms with Gasteiger partial charge in [0.05, 0.1) is 37.8 Å². The number of anilines is 1. The Morgan fingerprint density at radius 1 is 1.05 bits per heavy atom. The van der Waals surface area contributed by atoms with Crippen molar-refractivity contribution in [1.82, 2.24) is 9.55 Å². The van der Waals surface area contributed by atoms with Crippen molar-refractivity contribution in [3.63, 3.8) is 0 Å². The molecule has 0 fully saturated rings. The first-order chi connectivity index (χ1) is 18.0. The highest BCUT2D eigenvalue weighted by Gasteiger charge is 2.23. The third-order valence-electron chi connectivity index (χ3n) is 5.88. The summed E-state index contributed by atoms with van der Waals surface area (Å²) < 4.78 is 18.4. The topological polar surface area (TPSA) is 91.7 Å². The number of carbonyl (C=O) groups excluding carboxylic acids is 1. The first kappa shape index (κ1) is 26.6. The second-order valence-electron chi connectivity index (χ2n) is 8.13. The quantitative estimate of drug-likeness (QED) is 0.206. The fourth-order valence-electron chi connectivity index (χ4n) is 3.90. The van der Waals surface area contributed by atoms with Gasteiger partial charge in [-0.1, -0.05) is 36.9 Å². The summed E-state index contributed by atoms with van der Waals surface area (Å²) >= 11 is 2.67. The molecule has 1 amide bonds. The van der Waals surface area contributed by atoms with Crippen LogP contribution < -0.4 is 25.1 Å². The van der Waals surface area contributed by atoms with Crippen LogP contribution in [0, 0.1) is 0 Å². The van der Waals surface area contributed by atoms with Crippen LogP contribution in [0.5, 0.6) is 17.2 Å². The molecular weight excluding hydrogens is 510 g/mol. The van der Waals surface area contributed by atoms with E-state index < -0.39 is 5.25 Å². The minimum Gasteiger partial charge on any atom is -0.495 e. The number of hydrogen-bond donors (Lipinski definition) is 1. The van der Waals surface area contributed by atoms with E-state index >= 15 is 0 Å². The number of nitrogens with one attached hydrogen (secondary N) is 1. The maximum Gasteiger partial charge on any atom is 0.272 e. The SMILES string of the molecule is CC[C@@H](Sc1nc2ccsc2c(=O)n1CCc1ccc(OC)c(OC)c1)C(=O)Nc1ccccc1OC. The third kappa shape index (κ3) is 5.91. The number of thioether (sulfide) groups is 1. The van der Waals surface area contributed by atoms with E-state index in [1.807, 2.05) is 48.7 Å². The van der Waals surface area contributed by atoms with Crippen molar-refractivity contribution in [3.8, 4) is 17.2 Å². The maximum atomic E-state index is 13.4. The van der Waals surface area contributed by atoms with Gasteiger partial charge < -0.3 is 19.5 Å². The molecule has 194 valence electrons. The zero-order valence-electron chi connectivity index (χ0n) is 21.1. The number of hydrogen-bond acceptors (Lipinski definition) is 8. The highest BCUT2D eigenvalue weighted by atomic mass is 32.2. The Kier molecular flexibility index (Phi) is 8.73. The third-order valence-corrected chi connectivity index (χ3v) is 8.12. The van der Waals surface area contributed by atoms with Gasteiger partial charge >= 0.3 is 0 Å². The number of methoxy groups -OCH3 is 3. The van der Waals surface area contributed by atoms with Gasteiger partial charge in [0, 0.05) is 6.54 Å². The summed E-state index contributed by atoms with van der Waals surface area (Å²) in [6.45, 7) is 2.34. The van der Waals surface area contributed by atoms with E-state index in [1.54, 1.807) is 38.0 Å². The molecule has 2 aromatic carbocycles. The van der Waals surface area contributed by atoms with Crippen molar-refractivity contribution in [2.24, 2.45) is 0 Å². The van der Waals surface area contributed by atoms with Gasteiger partial charge in [0.2, 0.25) is 5.91 Å². The number of rotatable bonds is 11. The highest BCUT2D eigenvalue weighted by Crippen LogP contribution is 2.30. The van der Waals surface area contributed by atoms with Crippen LogP contribution in [0.15, 0.2) is 63.9 Å². The molecule has 0 aliphatic carbocycles. The number of nitrogens with zero attached hydrogens (tertiary/aromatic N) is 2. The normalized spacial score (nSPS) is 11.8. The summed E-state index contributed by atoms with van der Waals surface area (Å²) in [6.07, 6.45) is 1.13. The fourth-order valence-corrected chi connectivity index (χ4v) is 5.72. The average Bonchev–Trinajstić information content (AvgIpc) is 3.40. The summed E-state index contributed by atoms with van der Waals surface area (Å²) in [7, 11) is 4.75. The maximum absolute atomic E-state index is 13.4. The summed E-state index contributed by atoms with van der Waals surface area (Å²) in [4.78, 5) is 31.4. The van der Waals surface area contributed by atoms with Crippen LogP contribution in [-0.2, 0) is 17.8 Å². The molecule has 10 heteroatoms. The van der Waals surface area contributed by atoms with Gasteiger partial charge in [0.15, 0.2) is 16.7 Å². The number of para-hydroxylation sites is 2.